The van der Waals surface area contributed by atoms with Crippen molar-refractivity contribution in [3.63, 3.8) is 0 Å². The monoisotopic (exact) mass is 613 g/mol. The summed E-state index contributed by atoms with van der Waals surface area (Å²) in [7, 11) is 0. The van der Waals surface area contributed by atoms with E-state index in [-0.39, 0.29) is 31.3 Å². The lowest BCUT2D eigenvalue weighted by Crippen LogP contribution is -2.31. The zero-order valence-electron chi connectivity index (χ0n) is 26.3. The molecule has 1 aliphatic heterocycles. The maximum absolute atomic E-state index is 12.7. The summed E-state index contributed by atoms with van der Waals surface area (Å²) in [6, 6.07) is 15.6. The van der Waals surface area contributed by atoms with E-state index >= 15 is 0 Å². The van der Waals surface area contributed by atoms with E-state index in [9.17, 15) is 15.0 Å². The predicted molar refractivity (Wildman–Crippen MR) is 178 cm³/mol. The zero-order chi connectivity index (χ0) is 30.5. The number of ether oxygens (including phenoxy) is 2. The largest absolute Gasteiger partial charge is 0.396 e. The first-order chi connectivity index (χ1) is 21.1. The van der Waals surface area contributed by atoms with Crippen molar-refractivity contribution < 1.29 is 24.5 Å². The number of amides is 1. The molecule has 0 aliphatic carbocycles. The number of hydrogen-bond acceptors (Lipinski definition) is 6. The Labute approximate surface area is 264 Å². The molecule has 0 saturated carbocycles. The molecule has 1 aliphatic rings. The number of rotatable bonds is 22. The molecule has 1 heterocycles. The molecule has 7 heteroatoms. The number of hydrogen-bond donors (Lipinski definition) is 3. The van der Waals surface area contributed by atoms with E-state index in [1.165, 1.54) is 70.6 Å². The summed E-state index contributed by atoms with van der Waals surface area (Å²) in [5.41, 5.74) is 3.53. The molecular weight excluding hydrogens is 558 g/mol. The minimum absolute atomic E-state index is 0.00976. The highest BCUT2D eigenvalue weighted by Gasteiger charge is 2.32. The Morgan fingerprint density at radius 1 is 0.837 bits per heavy atom. The highest BCUT2D eigenvalue weighted by Crippen LogP contribution is 2.39. The molecule has 3 rings (SSSR count). The van der Waals surface area contributed by atoms with E-state index < -0.39 is 6.29 Å². The molecule has 6 nitrogen and oxygen atoms in total. The Morgan fingerprint density at radius 3 is 2.12 bits per heavy atom. The van der Waals surface area contributed by atoms with Crippen LogP contribution in [0.2, 0.25) is 0 Å². The van der Waals surface area contributed by atoms with Crippen LogP contribution in [-0.4, -0.2) is 40.3 Å². The van der Waals surface area contributed by atoms with E-state index in [4.69, 9.17) is 9.47 Å². The maximum Gasteiger partial charge on any atom is 0.224 e. The number of thioether (sulfide) groups is 1. The third-order valence-electron chi connectivity index (χ3n) is 8.10. The molecule has 240 valence electrons. The number of nitrogens with one attached hydrogen (secondary N) is 1. The minimum atomic E-state index is -0.561. The lowest BCUT2D eigenvalue weighted by atomic mass is 10.0. The third kappa shape index (κ3) is 14.2. The van der Waals surface area contributed by atoms with Crippen molar-refractivity contribution in [2.75, 3.05) is 23.4 Å². The van der Waals surface area contributed by atoms with Crippen molar-refractivity contribution in [2.45, 2.75) is 128 Å². The van der Waals surface area contributed by atoms with Gasteiger partial charge in [0.1, 0.15) is 0 Å². The van der Waals surface area contributed by atoms with Gasteiger partial charge in [-0.15, -0.1) is 0 Å². The van der Waals surface area contributed by atoms with E-state index in [1.54, 1.807) is 11.8 Å². The normalized spacial score (nSPS) is 18.5. The number of aliphatic hydroxyl groups is 2. The number of carbonyl (C=O) groups excluding carboxylic acids is 1. The highest BCUT2D eigenvalue weighted by atomic mass is 32.2. The Bertz CT molecular complexity index is 1020. The molecule has 3 atom stereocenters. The van der Waals surface area contributed by atoms with Crippen molar-refractivity contribution in [1.29, 1.82) is 0 Å². The quantitative estimate of drug-likeness (QED) is 0.115. The number of unbranched alkanes of at least 4 members (excludes halogenated alkanes) is 12. The van der Waals surface area contributed by atoms with E-state index in [0.29, 0.717) is 18.6 Å². The van der Waals surface area contributed by atoms with Gasteiger partial charge in [0.15, 0.2) is 6.29 Å². The lowest BCUT2D eigenvalue weighted by Gasteiger charge is -2.36. The van der Waals surface area contributed by atoms with Gasteiger partial charge in [0.05, 0.1) is 25.4 Å². The first kappa shape index (κ1) is 35.6. The van der Waals surface area contributed by atoms with Gasteiger partial charge in [0, 0.05) is 35.6 Å². The molecule has 1 saturated heterocycles. The zero-order valence-corrected chi connectivity index (χ0v) is 27.1. The summed E-state index contributed by atoms with van der Waals surface area (Å²) in [5.74, 6) is 1.48. The van der Waals surface area contributed by atoms with Crippen molar-refractivity contribution in [3.8, 4) is 0 Å². The number of aliphatic hydroxyl groups excluding tert-OH is 2. The van der Waals surface area contributed by atoms with Crippen molar-refractivity contribution in [3.05, 3.63) is 65.2 Å². The second-order valence-corrected chi connectivity index (χ2v) is 13.0. The standard InChI is InChI=1S/C36H55NO5S/c1-2-3-4-5-6-7-8-9-10-11-12-13-14-18-35(40)37-32-17-15-16-31(25-32)36-41-33(28-43-24-23-38)26-34(42-36)30-21-19-29(27-39)20-22-30/h15-17,19-22,25,33-34,36,38-39H,2-14,18,23-24,26-28H2,1H3,(H,37,40)/t33-,34+,36?/m0/s1. The van der Waals surface area contributed by atoms with Gasteiger partial charge in [0.2, 0.25) is 5.91 Å². The highest BCUT2D eigenvalue weighted by molar-refractivity contribution is 7.99. The molecule has 2 aromatic rings. The summed E-state index contributed by atoms with van der Waals surface area (Å²) in [4.78, 5) is 12.7. The molecule has 3 N–H and O–H groups in total. The Balaban J connectivity index is 1.41. The Morgan fingerprint density at radius 2 is 1.49 bits per heavy atom. The predicted octanol–water partition coefficient (Wildman–Crippen LogP) is 8.87. The molecule has 2 aromatic carbocycles. The molecule has 1 amide bonds. The summed E-state index contributed by atoms with van der Waals surface area (Å²) in [5, 5.41) is 21.7. The Hall–Kier alpha value is -1.90. The van der Waals surface area contributed by atoms with Crippen LogP contribution in [-0.2, 0) is 20.9 Å². The second kappa shape index (κ2) is 21.7. The lowest BCUT2D eigenvalue weighted by molar-refractivity contribution is -0.245. The summed E-state index contributed by atoms with van der Waals surface area (Å²) in [6.45, 7) is 2.42. The molecule has 0 aromatic heterocycles. The van der Waals surface area contributed by atoms with Gasteiger partial charge in [-0.3, -0.25) is 4.79 Å². The number of anilines is 1. The van der Waals surface area contributed by atoms with Gasteiger partial charge >= 0.3 is 0 Å². The average molecular weight is 614 g/mol. The fourth-order valence-corrected chi connectivity index (χ4v) is 6.37. The fraction of sp³-hybridized carbons (Fsp3) is 0.639. The molecular formula is C36H55NO5S. The van der Waals surface area contributed by atoms with Crippen molar-refractivity contribution in [2.24, 2.45) is 0 Å². The van der Waals surface area contributed by atoms with Crippen LogP contribution in [0.4, 0.5) is 5.69 Å². The van der Waals surface area contributed by atoms with Gasteiger partial charge < -0.3 is 25.0 Å². The van der Waals surface area contributed by atoms with Crippen molar-refractivity contribution in [1.82, 2.24) is 0 Å². The minimum Gasteiger partial charge on any atom is -0.396 e. The van der Waals surface area contributed by atoms with Crippen LogP contribution in [0.5, 0.6) is 0 Å². The molecule has 1 fully saturated rings. The maximum atomic E-state index is 12.7. The summed E-state index contributed by atoms with van der Waals surface area (Å²) >= 11 is 1.67. The van der Waals surface area contributed by atoms with Gasteiger partial charge in [-0.1, -0.05) is 120 Å². The van der Waals surface area contributed by atoms with Crippen LogP contribution in [0.15, 0.2) is 48.5 Å². The van der Waals surface area contributed by atoms with Gasteiger partial charge in [0.25, 0.3) is 0 Å². The average Bonchev–Trinajstić information content (AvgIpc) is 3.03. The van der Waals surface area contributed by atoms with Gasteiger partial charge in [-0.05, 0) is 29.7 Å². The second-order valence-electron chi connectivity index (χ2n) is 11.8. The van der Waals surface area contributed by atoms with Crippen LogP contribution in [0.25, 0.3) is 0 Å². The number of benzene rings is 2. The van der Waals surface area contributed by atoms with Crippen molar-refractivity contribution >= 4 is 23.4 Å². The molecule has 0 bridgehead atoms. The summed E-state index contributed by atoms with van der Waals surface area (Å²) in [6.07, 6.45) is 17.3. The smallest absolute Gasteiger partial charge is 0.224 e. The van der Waals surface area contributed by atoms with Crippen LogP contribution in [0, 0.1) is 0 Å². The summed E-state index contributed by atoms with van der Waals surface area (Å²) < 4.78 is 12.8. The van der Waals surface area contributed by atoms with E-state index in [1.807, 2.05) is 48.5 Å². The van der Waals surface area contributed by atoms with Gasteiger partial charge in [-0.2, -0.15) is 11.8 Å². The number of carbonyl (C=O) groups is 1. The first-order valence-electron chi connectivity index (χ1n) is 16.7. The van der Waals surface area contributed by atoms with Crippen LogP contribution >= 0.6 is 11.8 Å². The van der Waals surface area contributed by atoms with Crippen LogP contribution in [0.3, 0.4) is 0 Å². The first-order valence-corrected chi connectivity index (χ1v) is 17.9. The molecule has 0 spiro atoms. The molecule has 0 radical (unpaired) electrons. The van der Waals surface area contributed by atoms with Crippen LogP contribution < -0.4 is 5.32 Å². The van der Waals surface area contributed by atoms with E-state index in [2.05, 4.69) is 12.2 Å². The SMILES string of the molecule is CCCCCCCCCCCCCCCC(=O)Nc1cccc(C2O[C@H](CSCCO)C[C@H](c3ccc(CO)cc3)O2)c1. The topological polar surface area (TPSA) is 88.0 Å². The van der Waals surface area contributed by atoms with Crippen LogP contribution in [0.1, 0.15) is 132 Å². The molecule has 43 heavy (non-hydrogen) atoms. The fourth-order valence-electron chi connectivity index (χ4n) is 5.59. The molecule has 1 unspecified atom stereocenters. The van der Waals surface area contributed by atoms with Gasteiger partial charge in [-0.25, -0.2) is 0 Å². The Kier molecular flexibility index (Phi) is 18.0. The van der Waals surface area contributed by atoms with E-state index in [0.717, 1.165) is 41.0 Å². The third-order valence-corrected chi connectivity index (χ3v) is 9.18.